The zero-order chi connectivity index (χ0) is 22.6. The van der Waals surface area contributed by atoms with E-state index in [1.165, 1.54) is 6.07 Å². The lowest BCUT2D eigenvalue weighted by Gasteiger charge is -2.32. The number of hydrogen-bond donors (Lipinski definition) is 3. The summed E-state index contributed by atoms with van der Waals surface area (Å²) in [6.45, 7) is 0. The van der Waals surface area contributed by atoms with Crippen LogP contribution in [0.3, 0.4) is 0 Å². The molecule has 2 heterocycles. The van der Waals surface area contributed by atoms with E-state index in [1.807, 2.05) is 30.3 Å². The van der Waals surface area contributed by atoms with E-state index in [-0.39, 0.29) is 16.4 Å². The predicted octanol–water partition coefficient (Wildman–Crippen LogP) is 2.59. The number of rotatable bonds is 3. The maximum Gasteiger partial charge on any atom is 0.248 e. The molecule has 2 aliphatic heterocycles. The summed E-state index contributed by atoms with van der Waals surface area (Å²) in [7, 11) is 0. The number of anilines is 1. The molecule has 0 bridgehead atoms. The summed E-state index contributed by atoms with van der Waals surface area (Å²) in [5.41, 5.74) is 12.6. The highest BCUT2D eigenvalue weighted by Crippen LogP contribution is 2.52. The fourth-order valence-electron chi connectivity index (χ4n) is 4.59. The SMILES string of the molecule is NC(=O)C1=C(N)SC2C(=O)N(c3ccc4ccccc4c3)C(=O)C2C1c1ccccc1O. The summed E-state index contributed by atoms with van der Waals surface area (Å²) in [6, 6.07) is 19.4. The van der Waals surface area contributed by atoms with Gasteiger partial charge in [0.1, 0.15) is 11.0 Å². The number of primary amides is 1. The molecule has 1 fully saturated rings. The highest BCUT2D eigenvalue weighted by atomic mass is 32.2. The Bertz CT molecular complexity index is 1340. The molecule has 7 nitrogen and oxygen atoms in total. The van der Waals surface area contributed by atoms with Crippen LogP contribution in [-0.2, 0) is 14.4 Å². The summed E-state index contributed by atoms with van der Waals surface area (Å²) >= 11 is 0.974. The van der Waals surface area contributed by atoms with Gasteiger partial charge in [-0.3, -0.25) is 14.4 Å². The van der Waals surface area contributed by atoms with Crippen molar-refractivity contribution in [3.63, 3.8) is 0 Å². The Balaban J connectivity index is 1.65. The van der Waals surface area contributed by atoms with Crippen LogP contribution < -0.4 is 16.4 Å². The first-order valence-corrected chi connectivity index (χ1v) is 10.9. The van der Waals surface area contributed by atoms with Crippen molar-refractivity contribution in [3.05, 3.63) is 82.9 Å². The Hall–Kier alpha value is -3.78. The van der Waals surface area contributed by atoms with Crippen LogP contribution in [0.1, 0.15) is 11.5 Å². The molecule has 5 N–H and O–H groups in total. The van der Waals surface area contributed by atoms with Crippen LogP contribution in [0, 0.1) is 5.92 Å². The summed E-state index contributed by atoms with van der Waals surface area (Å²) in [5.74, 6) is -3.61. The summed E-state index contributed by atoms with van der Waals surface area (Å²) in [4.78, 5) is 40.5. The summed E-state index contributed by atoms with van der Waals surface area (Å²) in [6.07, 6.45) is 0. The number of benzene rings is 3. The number of phenolic OH excluding ortho intramolecular Hbond substituents is 1. The second kappa shape index (κ2) is 7.42. The average Bonchev–Trinajstić information content (AvgIpc) is 3.02. The zero-order valence-corrected chi connectivity index (χ0v) is 17.6. The van der Waals surface area contributed by atoms with Crippen LogP contribution >= 0.6 is 11.8 Å². The zero-order valence-electron chi connectivity index (χ0n) is 16.8. The molecule has 8 heteroatoms. The number of hydrogen-bond acceptors (Lipinski definition) is 6. The van der Waals surface area contributed by atoms with E-state index < -0.39 is 34.8 Å². The molecule has 0 spiro atoms. The number of aromatic hydroxyl groups is 1. The number of imide groups is 1. The molecular weight excluding hydrogens is 426 g/mol. The van der Waals surface area contributed by atoms with Crippen molar-refractivity contribution in [3.8, 4) is 5.75 Å². The highest BCUT2D eigenvalue weighted by molar-refractivity contribution is 8.04. The minimum atomic E-state index is -0.929. The van der Waals surface area contributed by atoms with Gasteiger partial charge in [-0.15, -0.1) is 0 Å². The number of nitrogens with zero attached hydrogens (tertiary/aromatic N) is 1. The van der Waals surface area contributed by atoms with Crippen molar-refractivity contribution < 1.29 is 19.5 Å². The molecule has 3 atom stereocenters. The largest absolute Gasteiger partial charge is 0.508 e. The third-order valence-corrected chi connectivity index (χ3v) is 7.24. The molecule has 3 aromatic rings. The van der Waals surface area contributed by atoms with Crippen molar-refractivity contribution in [2.45, 2.75) is 11.2 Å². The molecule has 1 saturated heterocycles. The van der Waals surface area contributed by atoms with Crippen LogP contribution in [0.2, 0.25) is 0 Å². The van der Waals surface area contributed by atoms with Crippen molar-refractivity contribution in [1.29, 1.82) is 0 Å². The van der Waals surface area contributed by atoms with Gasteiger partial charge >= 0.3 is 0 Å². The number of carbonyl (C=O) groups is 3. The lowest BCUT2D eigenvalue weighted by molar-refractivity contribution is -0.122. The number of phenols is 1. The molecule has 0 saturated carbocycles. The number of amides is 3. The van der Waals surface area contributed by atoms with E-state index >= 15 is 0 Å². The van der Waals surface area contributed by atoms with Crippen LogP contribution in [0.5, 0.6) is 5.75 Å². The van der Waals surface area contributed by atoms with E-state index in [2.05, 4.69) is 0 Å². The quantitative estimate of drug-likeness (QED) is 0.532. The van der Waals surface area contributed by atoms with Gasteiger partial charge in [-0.2, -0.15) is 0 Å². The number of para-hydroxylation sites is 1. The van der Waals surface area contributed by atoms with Crippen molar-refractivity contribution in [1.82, 2.24) is 0 Å². The maximum absolute atomic E-state index is 13.7. The number of nitrogens with two attached hydrogens (primary N) is 2. The van der Waals surface area contributed by atoms with Crippen LogP contribution in [0.25, 0.3) is 10.8 Å². The van der Waals surface area contributed by atoms with Gasteiger partial charge < -0.3 is 16.6 Å². The maximum atomic E-state index is 13.7. The number of thioether (sulfide) groups is 1. The minimum Gasteiger partial charge on any atom is -0.508 e. The first-order valence-electron chi connectivity index (χ1n) is 9.99. The highest BCUT2D eigenvalue weighted by Gasteiger charge is 2.57. The van der Waals surface area contributed by atoms with E-state index in [9.17, 15) is 19.5 Å². The van der Waals surface area contributed by atoms with Crippen LogP contribution in [0.4, 0.5) is 5.69 Å². The van der Waals surface area contributed by atoms with Crippen LogP contribution in [-0.4, -0.2) is 28.1 Å². The molecular formula is C24H19N3O4S. The third kappa shape index (κ3) is 2.95. The normalized spacial score (nSPS) is 23.0. The van der Waals surface area contributed by atoms with E-state index in [4.69, 9.17) is 11.5 Å². The molecule has 2 aliphatic rings. The van der Waals surface area contributed by atoms with Gasteiger partial charge in [0.2, 0.25) is 17.7 Å². The van der Waals surface area contributed by atoms with E-state index in [0.717, 1.165) is 27.4 Å². The Morgan fingerprint density at radius 2 is 1.62 bits per heavy atom. The lowest BCUT2D eigenvalue weighted by atomic mass is 9.78. The van der Waals surface area contributed by atoms with Gasteiger partial charge in [0.25, 0.3) is 0 Å². The molecule has 160 valence electrons. The molecule has 0 aliphatic carbocycles. The smallest absolute Gasteiger partial charge is 0.248 e. The molecule has 3 amide bonds. The van der Waals surface area contributed by atoms with Gasteiger partial charge in [0, 0.05) is 11.5 Å². The van der Waals surface area contributed by atoms with Crippen molar-refractivity contribution in [2.24, 2.45) is 17.4 Å². The standard InChI is InChI=1S/C24H19N3O4S/c25-21(29)19-17(15-7-3-4-8-16(15)28)18-20(32-22(19)26)24(31)27(23(18)30)14-10-9-12-5-1-2-6-13(12)11-14/h1-11,17-18,20,28H,26H2,(H2,25,29). The molecule has 0 aromatic heterocycles. The van der Waals surface area contributed by atoms with Crippen molar-refractivity contribution in [2.75, 3.05) is 4.90 Å². The van der Waals surface area contributed by atoms with Gasteiger partial charge in [-0.25, -0.2) is 4.90 Å². The van der Waals surface area contributed by atoms with Gasteiger partial charge in [0.05, 0.1) is 22.2 Å². The lowest BCUT2D eigenvalue weighted by Crippen LogP contribution is -2.38. The monoisotopic (exact) mass is 445 g/mol. The predicted molar refractivity (Wildman–Crippen MR) is 123 cm³/mol. The fraction of sp³-hybridized carbons (Fsp3) is 0.125. The molecule has 3 unspecified atom stereocenters. The number of fused-ring (bicyclic) bond motifs is 2. The Morgan fingerprint density at radius 3 is 2.34 bits per heavy atom. The third-order valence-electron chi connectivity index (χ3n) is 6.01. The first kappa shape index (κ1) is 20.1. The first-order chi connectivity index (χ1) is 15.4. The Kier molecular flexibility index (Phi) is 4.67. The Labute approximate surface area is 187 Å². The topological polar surface area (TPSA) is 127 Å². The molecule has 5 rings (SSSR count). The molecule has 3 aromatic carbocycles. The second-order valence-electron chi connectivity index (χ2n) is 7.79. The second-order valence-corrected chi connectivity index (χ2v) is 8.97. The van der Waals surface area contributed by atoms with E-state index in [0.29, 0.717) is 11.3 Å². The molecule has 32 heavy (non-hydrogen) atoms. The van der Waals surface area contributed by atoms with Crippen LogP contribution in [0.15, 0.2) is 77.3 Å². The molecule has 0 radical (unpaired) electrons. The number of carbonyl (C=O) groups excluding carboxylic acids is 3. The van der Waals surface area contributed by atoms with Gasteiger partial charge in [-0.05, 0) is 29.0 Å². The average molecular weight is 446 g/mol. The fourth-order valence-corrected chi connectivity index (χ4v) is 5.84. The summed E-state index contributed by atoms with van der Waals surface area (Å²) in [5, 5.41) is 11.6. The van der Waals surface area contributed by atoms with Crippen molar-refractivity contribution >= 4 is 45.9 Å². The van der Waals surface area contributed by atoms with Gasteiger partial charge in [-0.1, -0.05) is 60.3 Å². The Morgan fingerprint density at radius 1 is 0.938 bits per heavy atom. The minimum absolute atomic E-state index is 0.0410. The van der Waals surface area contributed by atoms with E-state index in [1.54, 1.807) is 30.3 Å². The van der Waals surface area contributed by atoms with Gasteiger partial charge in [0.15, 0.2) is 0 Å². The summed E-state index contributed by atoms with van der Waals surface area (Å²) < 4.78 is 0.